The van der Waals surface area contributed by atoms with Gasteiger partial charge in [0.1, 0.15) is 5.75 Å². The minimum Gasteiger partial charge on any atom is -0.506 e. The van der Waals surface area contributed by atoms with Crippen LogP contribution >= 0.6 is 23.2 Å². The molecule has 0 spiro atoms. The number of phenolic OH excluding ortho intramolecular Hbond substituents is 1. The van der Waals surface area contributed by atoms with E-state index in [9.17, 15) is 9.90 Å². The third-order valence-corrected chi connectivity index (χ3v) is 3.95. The molecule has 0 saturated heterocycles. The number of halogens is 2. The largest absolute Gasteiger partial charge is 0.506 e. The highest BCUT2D eigenvalue weighted by molar-refractivity contribution is 6.36. The topological polar surface area (TPSA) is 61.7 Å². The van der Waals surface area contributed by atoms with E-state index < -0.39 is 0 Å². The highest BCUT2D eigenvalue weighted by atomic mass is 35.5. The summed E-state index contributed by atoms with van der Waals surface area (Å²) in [6.07, 6.45) is 1.28. The molecule has 6 heteroatoms. The highest BCUT2D eigenvalue weighted by Gasteiger charge is 2.07. The van der Waals surface area contributed by atoms with Crippen LogP contribution in [0.25, 0.3) is 10.8 Å². The van der Waals surface area contributed by atoms with Crippen molar-refractivity contribution in [3.8, 4) is 5.75 Å². The Morgan fingerprint density at radius 1 is 1.04 bits per heavy atom. The van der Waals surface area contributed by atoms with Gasteiger partial charge in [0.25, 0.3) is 5.91 Å². The van der Waals surface area contributed by atoms with Crippen molar-refractivity contribution in [3.05, 3.63) is 75.8 Å². The molecule has 0 unspecified atom stereocenters. The average molecular weight is 359 g/mol. The van der Waals surface area contributed by atoms with E-state index in [0.29, 0.717) is 16.1 Å². The molecule has 0 radical (unpaired) electrons. The van der Waals surface area contributed by atoms with Gasteiger partial charge in [-0.3, -0.25) is 4.79 Å². The van der Waals surface area contributed by atoms with E-state index in [1.165, 1.54) is 18.3 Å². The summed E-state index contributed by atoms with van der Waals surface area (Å²) in [6, 6.07) is 16.0. The molecule has 3 aromatic rings. The summed E-state index contributed by atoms with van der Waals surface area (Å²) in [5, 5.41) is 16.2. The molecular formula is C18H12Cl2N2O2. The molecule has 2 N–H and O–H groups in total. The summed E-state index contributed by atoms with van der Waals surface area (Å²) in [6.45, 7) is 0. The summed E-state index contributed by atoms with van der Waals surface area (Å²) in [5.74, 6) is -0.505. The molecule has 0 aliphatic rings. The third kappa shape index (κ3) is 3.50. The van der Waals surface area contributed by atoms with Gasteiger partial charge in [-0.25, -0.2) is 5.43 Å². The van der Waals surface area contributed by atoms with Crippen LogP contribution in [-0.2, 0) is 0 Å². The van der Waals surface area contributed by atoms with Gasteiger partial charge in [-0.05, 0) is 35.0 Å². The number of hydrogen-bond acceptors (Lipinski definition) is 3. The van der Waals surface area contributed by atoms with Crippen LogP contribution in [0, 0.1) is 0 Å². The molecule has 24 heavy (non-hydrogen) atoms. The Hall–Kier alpha value is -2.56. The number of aromatic hydroxyl groups is 1. The van der Waals surface area contributed by atoms with E-state index in [2.05, 4.69) is 10.5 Å². The summed E-state index contributed by atoms with van der Waals surface area (Å²) in [5.41, 5.74) is 3.21. The van der Waals surface area contributed by atoms with Crippen LogP contribution in [0.5, 0.6) is 5.75 Å². The third-order valence-electron chi connectivity index (χ3n) is 3.44. The lowest BCUT2D eigenvalue weighted by Crippen LogP contribution is -2.17. The Morgan fingerprint density at radius 3 is 2.58 bits per heavy atom. The van der Waals surface area contributed by atoms with Crippen molar-refractivity contribution in [2.45, 2.75) is 0 Å². The van der Waals surface area contributed by atoms with E-state index in [-0.39, 0.29) is 16.7 Å². The zero-order valence-electron chi connectivity index (χ0n) is 12.3. The first-order valence-electron chi connectivity index (χ1n) is 7.05. The molecule has 120 valence electrons. The van der Waals surface area contributed by atoms with Gasteiger partial charge in [0.2, 0.25) is 0 Å². The zero-order chi connectivity index (χ0) is 17.1. The van der Waals surface area contributed by atoms with Crippen molar-refractivity contribution in [3.63, 3.8) is 0 Å². The van der Waals surface area contributed by atoms with Crippen LogP contribution in [0.2, 0.25) is 10.0 Å². The molecule has 0 fully saturated rings. The predicted molar refractivity (Wildman–Crippen MR) is 97.1 cm³/mol. The second kappa shape index (κ2) is 6.91. The van der Waals surface area contributed by atoms with Gasteiger partial charge in [0.05, 0.1) is 11.2 Å². The van der Waals surface area contributed by atoms with Crippen molar-refractivity contribution in [1.82, 2.24) is 5.43 Å². The number of nitrogens with zero attached hydrogens (tertiary/aromatic N) is 1. The lowest BCUT2D eigenvalue weighted by atomic mass is 10.1. The maximum Gasteiger partial charge on any atom is 0.271 e. The summed E-state index contributed by atoms with van der Waals surface area (Å²) in [7, 11) is 0. The Labute approximate surface area is 148 Å². The number of hydrazone groups is 1. The van der Waals surface area contributed by atoms with Gasteiger partial charge >= 0.3 is 0 Å². The molecule has 4 nitrogen and oxygen atoms in total. The number of fused-ring (bicyclic) bond motifs is 1. The van der Waals surface area contributed by atoms with Crippen LogP contribution in [0.1, 0.15) is 15.9 Å². The van der Waals surface area contributed by atoms with E-state index in [1.54, 1.807) is 12.1 Å². The minimum atomic E-state index is -0.357. The second-order valence-corrected chi connectivity index (χ2v) is 5.93. The normalized spacial score (nSPS) is 11.1. The lowest BCUT2D eigenvalue weighted by molar-refractivity contribution is 0.0955. The van der Waals surface area contributed by atoms with E-state index >= 15 is 0 Å². The first-order valence-corrected chi connectivity index (χ1v) is 7.80. The molecule has 3 rings (SSSR count). The molecular weight excluding hydrogens is 347 g/mol. The number of rotatable bonds is 3. The van der Waals surface area contributed by atoms with Crippen LogP contribution in [0.15, 0.2) is 59.7 Å². The van der Waals surface area contributed by atoms with Gasteiger partial charge in [-0.1, -0.05) is 53.5 Å². The second-order valence-electron chi connectivity index (χ2n) is 5.09. The monoisotopic (exact) mass is 358 g/mol. The molecule has 3 aromatic carbocycles. The van der Waals surface area contributed by atoms with Crippen LogP contribution in [-0.4, -0.2) is 17.2 Å². The molecule has 0 heterocycles. The Bertz CT molecular complexity index is 955. The van der Waals surface area contributed by atoms with Crippen molar-refractivity contribution in [2.75, 3.05) is 0 Å². The SMILES string of the molecule is O=C(N/N=C/c1cc(Cl)cc(Cl)c1O)c1ccc2ccccc2c1. The van der Waals surface area contributed by atoms with Crippen LogP contribution in [0.4, 0.5) is 0 Å². The molecule has 0 aliphatic heterocycles. The fourth-order valence-corrected chi connectivity index (χ4v) is 2.75. The maximum absolute atomic E-state index is 12.2. The first kappa shape index (κ1) is 16.3. The van der Waals surface area contributed by atoms with Gasteiger partial charge in [-0.2, -0.15) is 5.10 Å². The Balaban J connectivity index is 1.77. The van der Waals surface area contributed by atoms with Crippen molar-refractivity contribution >= 4 is 46.1 Å². The van der Waals surface area contributed by atoms with Crippen LogP contribution in [0.3, 0.4) is 0 Å². The fourth-order valence-electron chi connectivity index (χ4n) is 2.24. The molecule has 0 aromatic heterocycles. The average Bonchev–Trinajstić information content (AvgIpc) is 2.58. The molecule has 0 aliphatic carbocycles. The summed E-state index contributed by atoms with van der Waals surface area (Å²) >= 11 is 11.7. The highest BCUT2D eigenvalue weighted by Crippen LogP contribution is 2.29. The lowest BCUT2D eigenvalue weighted by Gasteiger charge is -2.04. The smallest absolute Gasteiger partial charge is 0.271 e. The molecule has 0 bridgehead atoms. The number of hydrogen-bond donors (Lipinski definition) is 2. The molecule has 0 saturated carbocycles. The van der Waals surface area contributed by atoms with Gasteiger partial charge in [-0.15, -0.1) is 0 Å². The number of carbonyl (C=O) groups is 1. The molecule has 0 atom stereocenters. The maximum atomic E-state index is 12.2. The standard InChI is InChI=1S/C18H12Cl2N2O2/c19-15-8-14(17(23)16(20)9-15)10-21-22-18(24)13-6-5-11-3-1-2-4-12(11)7-13/h1-10,23H,(H,22,24)/b21-10+. The van der Waals surface area contributed by atoms with Crippen molar-refractivity contribution in [2.24, 2.45) is 5.10 Å². The van der Waals surface area contributed by atoms with E-state index in [4.69, 9.17) is 23.2 Å². The summed E-state index contributed by atoms with van der Waals surface area (Å²) < 4.78 is 0. The minimum absolute atomic E-state index is 0.116. The van der Waals surface area contributed by atoms with Crippen molar-refractivity contribution < 1.29 is 9.90 Å². The van der Waals surface area contributed by atoms with E-state index in [0.717, 1.165) is 10.8 Å². The number of benzene rings is 3. The van der Waals surface area contributed by atoms with Crippen LogP contribution < -0.4 is 5.43 Å². The zero-order valence-corrected chi connectivity index (χ0v) is 13.8. The van der Waals surface area contributed by atoms with Gasteiger partial charge in [0.15, 0.2) is 0 Å². The predicted octanol–water partition coefficient (Wildman–Crippen LogP) is 4.62. The Kier molecular flexibility index (Phi) is 4.69. The number of phenols is 1. The number of amides is 1. The quantitative estimate of drug-likeness (QED) is 0.530. The van der Waals surface area contributed by atoms with E-state index in [1.807, 2.05) is 30.3 Å². The van der Waals surface area contributed by atoms with Gasteiger partial charge in [0, 0.05) is 16.1 Å². The fraction of sp³-hybridized carbons (Fsp3) is 0. The summed E-state index contributed by atoms with van der Waals surface area (Å²) in [4.78, 5) is 12.2. The van der Waals surface area contributed by atoms with Crippen molar-refractivity contribution in [1.29, 1.82) is 0 Å². The Morgan fingerprint density at radius 2 is 1.79 bits per heavy atom. The molecule has 1 amide bonds. The first-order chi connectivity index (χ1) is 11.5. The number of nitrogens with one attached hydrogen (secondary N) is 1. The number of carbonyl (C=O) groups excluding carboxylic acids is 1. The van der Waals surface area contributed by atoms with Gasteiger partial charge < -0.3 is 5.11 Å².